The van der Waals surface area contributed by atoms with Crippen LogP contribution in [0, 0.1) is 0 Å². The zero-order valence-corrected chi connectivity index (χ0v) is 15.0. The maximum Gasteiger partial charge on any atom is 0.266 e. The molecule has 132 valence electrons. The second-order valence-electron chi connectivity index (χ2n) is 5.97. The fourth-order valence-corrected chi connectivity index (χ4v) is 4.54. The van der Waals surface area contributed by atoms with Crippen molar-refractivity contribution in [3.8, 4) is 5.75 Å². The Balaban J connectivity index is 1.78. The molecule has 0 aromatic heterocycles. The lowest BCUT2D eigenvalue weighted by molar-refractivity contribution is -0.128. The zero-order valence-electron chi connectivity index (χ0n) is 13.4. The molecule has 25 heavy (non-hydrogen) atoms. The highest BCUT2D eigenvalue weighted by atomic mass is 35.5. The third-order valence-electron chi connectivity index (χ3n) is 3.99. The minimum absolute atomic E-state index is 0.0266. The van der Waals surface area contributed by atoms with Gasteiger partial charge < -0.3 is 10.1 Å². The van der Waals surface area contributed by atoms with Gasteiger partial charge in [-0.3, -0.25) is 4.79 Å². The Morgan fingerprint density at radius 3 is 2.40 bits per heavy atom. The fraction of sp³-hybridized carbons (Fsp3) is 0.278. The van der Waals surface area contributed by atoms with Gasteiger partial charge in [0, 0.05) is 16.6 Å². The first-order valence-corrected chi connectivity index (χ1v) is 10.1. The lowest BCUT2D eigenvalue weighted by Crippen LogP contribution is -2.40. The number of halogens is 1. The molecule has 2 atom stereocenters. The first-order valence-electron chi connectivity index (χ1n) is 7.91. The Bertz CT molecular complexity index is 837. The number of ether oxygens (including phenoxy) is 1. The van der Waals surface area contributed by atoms with Crippen LogP contribution in [-0.4, -0.2) is 31.9 Å². The van der Waals surface area contributed by atoms with E-state index < -0.39 is 15.9 Å². The van der Waals surface area contributed by atoms with Crippen LogP contribution in [0.1, 0.15) is 18.1 Å². The smallest absolute Gasteiger partial charge is 0.266 e. The maximum absolute atomic E-state index is 12.7. The summed E-state index contributed by atoms with van der Waals surface area (Å²) in [5.74, 6) is 0.225. The number of hydrogen-bond donors (Lipinski definition) is 1. The van der Waals surface area contributed by atoms with Crippen molar-refractivity contribution in [2.75, 3.05) is 11.5 Å². The fourth-order valence-electron chi connectivity index (χ4n) is 2.74. The number of amides is 1. The van der Waals surface area contributed by atoms with Gasteiger partial charge in [-0.2, -0.15) is 0 Å². The van der Waals surface area contributed by atoms with Crippen LogP contribution in [-0.2, 0) is 14.6 Å². The molecule has 0 radical (unpaired) electrons. The molecule has 7 heteroatoms. The van der Waals surface area contributed by atoms with Crippen LogP contribution in [0.2, 0.25) is 5.02 Å². The predicted octanol–water partition coefficient (Wildman–Crippen LogP) is 2.76. The monoisotopic (exact) mass is 379 g/mol. The van der Waals surface area contributed by atoms with Gasteiger partial charge in [-0.25, -0.2) is 8.42 Å². The van der Waals surface area contributed by atoms with E-state index in [4.69, 9.17) is 16.3 Å². The van der Waals surface area contributed by atoms with E-state index in [2.05, 4.69) is 5.32 Å². The van der Waals surface area contributed by atoms with Gasteiger partial charge in [-0.1, -0.05) is 41.9 Å². The van der Waals surface area contributed by atoms with E-state index in [-0.39, 0.29) is 23.5 Å². The van der Waals surface area contributed by atoms with Crippen molar-refractivity contribution >= 4 is 27.3 Å². The summed E-state index contributed by atoms with van der Waals surface area (Å²) in [6, 6.07) is 15.4. The van der Waals surface area contributed by atoms with Gasteiger partial charge in [0.15, 0.2) is 9.84 Å². The Morgan fingerprint density at radius 1 is 1.12 bits per heavy atom. The van der Waals surface area contributed by atoms with Crippen LogP contribution in [0.5, 0.6) is 5.75 Å². The van der Waals surface area contributed by atoms with Gasteiger partial charge in [0.05, 0.1) is 11.5 Å². The van der Waals surface area contributed by atoms with E-state index in [9.17, 15) is 13.2 Å². The van der Waals surface area contributed by atoms with Gasteiger partial charge in [-0.05, 0) is 30.7 Å². The third kappa shape index (κ3) is 4.74. The molecular formula is C18H18ClNO4S. The second kappa shape index (κ2) is 7.45. The van der Waals surface area contributed by atoms with Crippen molar-refractivity contribution in [1.82, 2.24) is 5.32 Å². The van der Waals surface area contributed by atoms with E-state index in [1.54, 1.807) is 36.4 Å². The lowest BCUT2D eigenvalue weighted by Gasteiger charge is -2.21. The van der Waals surface area contributed by atoms with Crippen molar-refractivity contribution in [1.29, 1.82) is 0 Å². The summed E-state index contributed by atoms with van der Waals surface area (Å²) in [6.45, 7) is 0. The first kappa shape index (κ1) is 17.8. The highest BCUT2D eigenvalue weighted by Gasteiger charge is 2.32. The minimum atomic E-state index is -3.07. The molecule has 1 aliphatic heterocycles. The van der Waals surface area contributed by atoms with Gasteiger partial charge in [0.25, 0.3) is 5.91 Å². The molecule has 1 heterocycles. The summed E-state index contributed by atoms with van der Waals surface area (Å²) in [7, 11) is -3.07. The summed E-state index contributed by atoms with van der Waals surface area (Å²) >= 11 is 5.88. The van der Waals surface area contributed by atoms with Crippen LogP contribution in [0.15, 0.2) is 54.6 Å². The number of hydrogen-bond acceptors (Lipinski definition) is 4. The topological polar surface area (TPSA) is 72.5 Å². The van der Waals surface area contributed by atoms with Crippen LogP contribution in [0.4, 0.5) is 0 Å². The van der Waals surface area contributed by atoms with Gasteiger partial charge >= 0.3 is 0 Å². The van der Waals surface area contributed by atoms with E-state index in [0.29, 0.717) is 22.8 Å². The number of benzene rings is 2. The molecule has 0 bridgehead atoms. The van der Waals surface area contributed by atoms with Gasteiger partial charge in [0.1, 0.15) is 5.75 Å². The van der Waals surface area contributed by atoms with Crippen molar-refractivity contribution in [3.05, 3.63) is 65.2 Å². The molecule has 1 N–H and O–H groups in total. The minimum Gasteiger partial charge on any atom is -0.476 e. The molecule has 5 nitrogen and oxygen atoms in total. The molecule has 1 aliphatic rings. The normalized spacial score (nSPS) is 20.0. The van der Waals surface area contributed by atoms with Gasteiger partial charge in [0.2, 0.25) is 6.10 Å². The van der Waals surface area contributed by atoms with E-state index in [1.807, 2.05) is 18.2 Å². The molecular weight excluding hydrogens is 362 g/mol. The molecule has 0 saturated carbocycles. The predicted molar refractivity (Wildman–Crippen MR) is 96.5 cm³/mol. The summed E-state index contributed by atoms with van der Waals surface area (Å²) in [5, 5.41) is 3.37. The van der Waals surface area contributed by atoms with Crippen molar-refractivity contribution in [2.45, 2.75) is 18.6 Å². The first-order chi connectivity index (χ1) is 11.9. The molecule has 3 rings (SSSR count). The SMILES string of the molecule is O=C(NC1CCS(=O)(=O)C1)C(Oc1ccc(Cl)cc1)c1ccccc1. The number of carbonyl (C=O) groups is 1. The Labute approximate surface area is 151 Å². The van der Waals surface area contributed by atoms with E-state index in [1.165, 1.54) is 0 Å². The molecule has 1 amide bonds. The van der Waals surface area contributed by atoms with Crippen LogP contribution < -0.4 is 10.1 Å². The molecule has 2 aromatic carbocycles. The van der Waals surface area contributed by atoms with Crippen molar-refractivity contribution in [2.24, 2.45) is 0 Å². The Hall–Kier alpha value is -2.05. The average molecular weight is 380 g/mol. The lowest BCUT2D eigenvalue weighted by atomic mass is 10.1. The molecule has 0 spiro atoms. The summed E-state index contributed by atoms with van der Waals surface area (Å²) < 4.78 is 29.0. The molecule has 0 aliphatic carbocycles. The molecule has 2 unspecified atom stereocenters. The Morgan fingerprint density at radius 2 is 1.80 bits per heavy atom. The highest BCUT2D eigenvalue weighted by molar-refractivity contribution is 7.91. The maximum atomic E-state index is 12.7. The van der Waals surface area contributed by atoms with Crippen LogP contribution in [0.3, 0.4) is 0 Å². The van der Waals surface area contributed by atoms with E-state index in [0.717, 1.165) is 0 Å². The molecule has 1 fully saturated rings. The summed E-state index contributed by atoms with van der Waals surface area (Å²) in [5.41, 5.74) is 0.691. The molecule has 1 saturated heterocycles. The Kier molecular flexibility index (Phi) is 5.30. The third-order valence-corrected chi connectivity index (χ3v) is 6.01. The summed E-state index contributed by atoms with van der Waals surface area (Å²) in [4.78, 5) is 12.7. The van der Waals surface area contributed by atoms with E-state index >= 15 is 0 Å². The molecule has 2 aromatic rings. The number of sulfone groups is 1. The van der Waals surface area contributed by atoms with Crippen molar-refractivity contribution < 1.29 is 17.9 Å². The second-order valence-corrected chi connectivity index (χ2v) is 8.64. The summed E-state index contributed by atoms with van der Waals surface area (Å²) in [6.07, 6.45) is -0.443. The van der Waals surface area contributed by atoms with Crippen LogP contribution in [0.25, 0.3) is 0 Å². The van der Waals surface area contributed by atoms with Crippen molar-refractivity contribution in [3.63, 3.8) is 0 Å². The largest absolute Gasteiger partial charge is 0.476 e. The zero-order chi connectivity index (χ0) is 17.9. The van der Waals surface area contributed by atoms with Gasteiger partial charge in [-0.15, -0.1) is 0 Å². The quantitative estimate of drug-likeness (QED) is 0.867. The number of rotatable bonds is 5. The average Bonchev–Trinajstić information content (AvgIpc) is 2.93. The highest BCUT2D eigenvalue weighted by Crippen LogP contribution is 2.24. The number of carbonyl (C=O) groups excluding carboxylic acids is 1. The number of nitrogens with one attached hydrogen (secondary N) is 1. The van der Waals surface area contributed by atoms with Crippen LogP contribution >= 0.6 is 11.6 Å². The standard InChI is InChI=1S/C18H18ClNO4S/c19-14-6-8-16(9-7-14)24-17(13-4-2-1-3-5-13)18(21)20-15-10-11-25(22,23)12-15/h1-9,15,17H,10-12H2,(H,20,21).